The largest absolute Gasteiger partial charge is 0.370 e. The molecule has 0 radical (unpaired) electrons. The van der Waals surface area contributed by atoms with Crippen LogP contribution in [0.25, 0.3) is 21.2 Å². The molecule has 0 unspecified atom stereocenters. The summed E-state index contributed by atoms with van der Waals surface area (Å²) < 4.78 is 26.9. The lowest BCUT2D eigenvalue weighted by atomic mass is 9.97. The Bertz CT molecular complexity index is 1120. The molecule has 0 saturated heterocycles. The van der Waals surface area contributed by atoms with Crippen LogP contribution in [0.1, 0.15) is 15.2 Å². The van der Waals surface area contributed by atoms with Gasteiger partial charge in [-0.15, -0.1) is 11.3 Å². The van der Waals surface area contributed by atoms with E-state index in [2.05, 4.69) is 5.32 Å². The Hall–Kier alpha value is -2.79. The van der Waals surface area contributed by atoms with E-state index in [0.717, 1.165) is 26.8 Å². The standard InChI is InChI=1S/C17H16N4OS.CH4O3S/c18-9-10-4-1-2-5-11(10)12-6-3-7-14-13(12)8-15(23-14)16(22)21-17(19)20;1-5(2,3)4/h1-8H,9,18H2,(H4,19,20,21,22);1H3,(H,2,3,4). The molecular weight excluding hydrogens is 400 g/mol. The van der Waals surface area contributed by atoms with Gasteiger partial charge in [-0.1, -0.05) is 36.4 Å². The van der Waals surface area contributed by atoms with E-state index in [1.165, 1.54) is 11.3 Å². The molecule has 7 N–H and O–H groups in total. The average Bonchev–Trinajstić information content (AvgIpc) is 3.04. The Morgan fingerprint density at radius 2 is 1.79 bits per heavy atom. The second-order valence-corrected chi connectivity index (χ2v) is 8.34. The third-order valence-corrected chi connectivity index (χ3v) is 4.66. The molecule has 2 aromatic carbocycles. The fourth-order valence-electron chi connectivity index (χ4n) is 2.55. The Labute approximate surface area is 166 Å². The summed E-state index contributed by atoms with van der Waals surface area (Å²) in [6.45, 7) is 0.453. The summed E-state index contributed by atoms with van der Waals surface area (Å²) in [5.74, 6) is -0.724. The summed E-state index contributed by atoms with van der Waals surface area (Å²) in [7, 11) is -3.67. The van der Waals surface area contributed by atoms with Crippen molar-refractivity contribution in [1.82, 2.24) is 5.32 Å². The summed E-state index contributed by atoms with van der Waals surface area (Å²) in [6.07, 6.45) is 0.715. The molecule has 1 heterocycles. The van der Waals surface area contributed by atoms with Gasteiger partial charge >= 0.3 is 0 Å². The molecule has 28 heavy (non-hydrogen) atoms. The highest BCUT2D eigenvalue weighted by atomic mass is 32.2. The fraction of sp³-hybridized carbons (Fsp3) is 0.111. The van der Waals surface area contributed by atoms with Crippen molar-refractivity contribution in [3.05, 3.63) is 59.0 Å². The van der Waals surface area contributed by atoms with E-state index in [1.54, 1.807) is 0 Å². The number of carbonyl (C=O) groups excluding carboxylic acids is 1. The van der Waals surface area contributed by atoms with E-state index in [0.29, 0.717) is 17.7 Å². The average molecular weight is 421 g/mol. The topological polar surface area (TPSA) is 159 Å². The van der Waals surface area contributed by atoms with Crippen molar-refractivity contribution in [2.45, 2.75) is 6.54 Å². The molecule has 0 atom stereocenters. The number of thiophene rings is 1. The first kappa shape index (κ1) is 21.5. The SMILES string of the molecule is CS(=O)(=O)O.N=C(N)NC(=O)c1cc2c(-c3ccccc3CN)cccc2s1. The van der Waals surface area contributed by atoms with Gasteiger partial charge in [-0.3, -0.25) is 20.1 Å². The maximum Gasteiger partial charge on any atom is 0.268 e. The van der Waals surface area contributed by atoms with E-state index >= 15 is 0 Å². The molecule has 0 saturated carbocycles. The zero-order valence-electron chi connectivity index (χ0n) is 15.0. The lowest BCUT2D eigenvalue weighted by molar-refractivity contribution is 0.0980. The van der Waals surface area contributed by atoms with Crippen LogP contribution in [0.2, 0.25) is 0 Å². The van der Waals surface area contributed by atoms with Crippen LogP contribution in [0.5, 0.6) is 0 Å². The molecule has 0 aliphatic carbocycles. The van der Waals surface area contributed by atoms with Gasteiger partial charge in [0.25, 0.3) is 16.0 Å². The number of hydrogen-bond donors (Lipinski definition) is 5. The summed E-state index contributed by atoms with van der Waals surface area (Å²) in [5, 5.41) is 10.5. The Balaban J connectivity index is 0.000000500. The number of carbonyl (C=O) groups is 1. The highest BCUT2D eigenvalue weighted by Crippen LogP contribution is 2.35. The number of benzene rings is 2. The van der Waals surface area contributed by atoms with E-state index in [4.69, 9.17) is 21.4 Å². The highest BCUT2D eigenvalue weighted by molar-refractivity contribution is 7.85. The smallest absolute Gasteiger partial charge is 0.268 e. The molecule has 8 nitrogen and oxygen atoms in total. The van der Waals surface area contributed by atoms with E-state index in [1.807, 2.05) is 48.5 Å². The number of nitrogens with one attached hydrogen (secondary N) is 2. The molecule has 148 valence electrons. The van der Waals surface area contributed by atoms with Crippen LogP contribution in [0, 0.1) is 5.41 Å². The van der Waals surface area contributed by atoms with Crippen molar-refractivity contribution in [3.8, 4) is 11.1 Å². The van der Waals surface area contributed by atoms with Crippen LogP contribution < -0.4 is 16.8 Å². The molecule has 1 amide bonds. The molecule has 0 spiro atoms. The number of amides is 1. The van der Waals surface area contributed by atoms with Crippen molar-refractivity contribution in [2.24, 2.45) is 11.5 Å². The normalized spacial score (nSPS) is 10.8. The van der Waals surface area contributed by atoms with E-state index in [9.17, 15) is 13.2 Å². The minimum Gasteiger partial charge on any atom is -0.370 e. The van der Waals surface area contributed by atoms with Gasteiger partial charge in [0.15, 0.2) is 5.96 Å². The maximum absolute atomic E-state index is 12.1. The molecule has 0 aliphatic heterocycles. The van der Waals surface area contributed by atoms with Crippen LogP contribution in [-0.4, -0.2) is 31.1 Å². The van der Waals surface area contributed by atoms with E-state index in [-0.39, 0.29) is 11.9 Å². The zero-order chi connectivity index (χ0) is 20.9. The maximum atomic E-state index is 12.1. The first-order valence-corrected chi connectivity index (χ1v) is 10.7. The molecule has 0 bridgehead atoms. The summed E-state index contributed by atoms with van der Waals surface area (Å²) in [6, 6.07) is 15.8. The number of fused-ring (bicyclic) bond motifs is 1. The van der Waals surface area contributed by atoms with Gasteiger partial charge in [-0.05, 0) is 28.8 Å². The van der Waals surface area contributed by atoms with Gasteiger partial charge in [-0.25, -0.2) is 0 Å². The molecular formula is C18H20N4O4S2. The van der Waals surface area contributed by atoms with Gasteiger partial charge in [0.2, 0.25) is 0 Å². The second-order valence-electron chi connectivity index (χ2n) is 5.79. The van der Waals surface area contributed by atoms with E-state index < -0.39 is 10.1 Å². The van der Waals surface area contributed by atoms with Crippen LogP contribution in [0.15, 0.2) is 48.5 Å². The third-order valence-electron chi connectivity index (χ3n) is 3.56. The molecule has 3 aromatic rings. The van der Waals surface area contributed by atoms with Crippen molar-refractivity contribution < 1.29 is 17.8 Å². The van der Waals surface area contributed by atoms with Crippen molar-refractivity contribution in [1.29, 1.82) is 5.41 Å². The van der Waals surface area contributed by atoms with Crippen molar-refractivity contribution >= 4 is 43.4 Å². The Kier molecular flexibility index (Phi) is 6.86. The minimum absolute atomic E-state index is 0.360. The molecule has 10 heteroatoms. The van der Waals surface area contributed by atoms with Gasteiger partial charge in [0.1, 0.15) is 0 Å². The third kappa shape index (κ3) is 5.86. The summed E-state index contributed by atoms with van der Waals surface area (Å²) in [4.78, 5) is 12.6. The molecule has 0 fully saturated rings. The number of nitrogens with two attached hydrogens (primary N) is 2. The molecule has 3 rings (SSSR count). The van der Waals surface area contributed by atoms with Crippen LogP contribution in [0.4, 0.5) is 0 Å². The van der Waals surface area contributed by atoms with Crippen LogP contribution in [-0.2, 0) is 16.7 Å². The first-order valence-electron chi connectivity index (χ1n) is 7.99. The van der Waals surface area contributed by atoms with Crippen molar-refractivity contribution in [3.63, 3.8) is 0 Å². The Morgan fingerprint density at radius 1 is 1.18 bits per heavy atom. The summed E-state index contributed by atoms with van der Waals surface area (Å²) >= 11 is 1.37. The van der Waals surface area contributed by atoms with Crippen LogP contribution >= 0.6 is 11.3 Å². The minimum atomic E-state index is -3.67. The zero-order valence-corrected chi connectivity index (χ0v) is 16.6. The molecule has 0 aliphatic rings. The first-order chi connectivity index (χ1) is 13.1. The highest BCUT2D eigenvalue weighted by Gasteiger charge is 2.14. The quantitative estimate of drug-likeness (QED) is 0.248. The number of rotatable bonds is 3. The Morgan fingerprint density at radius 3 is 2.39 bits per heavy atom. The second kappa shape index (κ2) is 8.93. The van der Waals surface area contributed by atoms with Gasteiger partial charge in [0, 0.05) is 16.6 Å². The van der Waals surface area contributed by atoms with Gasteiger partial charge in [-0.2, -0.15) is 8.42 Å². The molecule has 1 aromatic heterocycles. The lowest BCUT2D eigenvalue weighted by Gasteiger charge is -2.09. The predicted octanol–water partition coefficient (Wildman–Crippen LogP) is 2.15. The number of hydrogen-bond acceptors (Lipinski definition) is 6. The van der Waals surface area contributed by atoms with Crippen molar-refractivity contribution in [2.75, 3.05) is 6.26 Å². The summed E-state index contributed by atoms with van der Waals surface area (Å²) in [5.41, 5.74) is 14.2. The van der Waals surface area contributed by atoms with Gasteiger partial charge in [0.05, 0.1) is 11.1 Å². The van der Waals surface area contributed by atoms with Gasteiger partial charge < -0.3 is 11.5 Å². The monoisotopic (exact) mass is 420 g/mol. The lowest BCUT2D eigenvalue weighted by Crippen LogP contribution is -2.35. The fourth-order valence-corrected chi connectivity index (χ4v) is 3.54. The van der Waals surface area contributed by atoms with Crippen LogP contribution in [0.3, 0.4) is 0 Å². The predicted molar refractivity (Wildman–Crippen MR) is 112 cm³/mol. The number of guanidine groups is 1.